The van der Waals surface area contributed by atoms with Gasteiger partial charge in [-0.25, -0.2) is 17.9 Å². The van der Waals surface area contributed by atoms with E-state index in [2.05, 4.69) is 4.72 Å². The van der Waals surface area contributed by atoms with Crippen LogP contribution in [0.15, 0.2) is 10.3 Å². The van der Waals surface area contributed by atoms with Crippen molar-refractivity contribution in [1.29, 1.82) is 0 Å². The molecule has 1 aromatic heterocycles. The van der Waals surface area contributed by atoms with Gasteiger partial charge in [-0.1, -0.05) is 0 Å². The number of sulfonamides is 1. The maximum Gasteiger partial charge on any atom is 0.347 e. The van der Waals surface area contributed by atoms with E-state index in [-0.39, 0.29) is 29.3 Å². The van der Waals surface area contributed by atoms with Crippen LogP contribution in [-0.4, -0.2) is 37.8 Å². The van der Waals surface area contributed by atoms with Crippen LogP contribution in [0.4, 0.5) is 0 Å². The van der Waals surface area contributed by atoms with Crippen molar-refractivity contribution in [2.24, 2.45) is 0 Å². The monoisotopic (exact) mass is 279 g/mol. The van der Waals surface area contributed by atoms with E-state index in [9.17, 15) is 13.2 Å². The summed E-state index contributed by atoms with van der Waals surface area (Å²) in [5.41, 5.74) is 0.406. The second kappa shape index (κ2) is 5.58. The Labute approximate surface area is 103 Å². The van der Waals surface area contributed by atoms with Crippen LogP contribution in [0.3, 0.4) is 0 Å². The molecule has 0 bridgehead atoms. The lowest BCUT2D eigenvalue weighted by atomic mass is 10.3. The number of hydrogen-bond acceptors (Lipinski definition) is 5. The summed E-state index contributed by atoms with van der Waals surface area (Å²) >= 11 is 0.882. The Balaban J connectivity index is 3.06. The molecule has 6 nitrogen and oxygen atoms in total. The normalized spacial score (nSPS) is 11.6. The minimum Gasteiger partial charge on any atom is -0.477 e. The summed E-state index contributed by atoms with van der Waals surface area (Å²) in [4.78, 5) is 10.5. The predicted molar refractivity (Wildman–Crippen MR) is 62.9 cm³/mol. The number of hydrogen-bond donors (Lipinski definition) is 3. The van der Waals surface area contributed by atoms with E-state index in [1.54, 1.807) is 6.92 Å². The third-order valence-electron chi connectivity index (χ3n) is 2.01. The van der Waals surface area contributed by atoms with Crippen molar-refractivity contribution in [2.75, 3.05) is 13.2 Å². The van der Waals surface area contributed by atoms with Crippen molar-refractivity contribution >= 4 is 27.3 Å². The molecule has 0 aliphatic rings. The highest BCUT2D eigenvalue weighted by Crippen LogP contribution is 2.26. The van der Waals surface area contributed by atoms with Crippen molar-refractivity contribution in [1.82, 2.24) is 4.72 Å². The fourth-order valence-corrected chi connectivity index (χ4v) is 3.97. The quantitative estimate of drug-likeness (QED) is 0.655. The number of aromatic carboxylic acids is 1. The lowest BCUT2D eigenvalue weighted by Gasteiger charge is -2.06. The maximum absolute atomic E-state index is 11.9. The SMILES string of the molecule is Cc1csc(C(=O)O)c1S(=O)(=O)NCCCO. The second-order valence-electron chi connectivity index (χ2n) is 3.36. The van der Waals surface area contributed by atoms with Gasteiger partial charge in [-0.15, -0.1) is 11.3 Å². The van der Waals surface area contributed by atoms with E-state index >= 15 is 0 Å². The van der Waals surface area contributed by atoms with Gasteiger partial charge < -0.3 is 10.2 Å². The fraction of sp³-hybridized carbons (Fsp3) is 0.444. The van der Waals surface area contributed by atoms with Crippen molar-refractivity contribution in [3.8, 4) is 0 Å². The number of thiophene rings is 1. The van der Waals surface area contributed by atoms with E-state index in [0.717, 1.165) is 11.3 Å². The van der Waals surface area contributed by atoms with Gasteiger partial charge in [0, 0.05) is 13.2 Å². The summed E-state index contributed by atoms with van der Waals surface area (Å²) in [5, 5.41) is 18.9. The number of carboxylic acids is 1. The van der Waals surface area contributed by atoms with Crippen molar-refractivity contribution in [3.63, 3.8) is 0 Å². The number of carboxylic acid groups (broad SMARTS) is 1. The second-order valence-corrected chi connectivity index (χ2v) is 5.94. The summed E-state index contributed by atoms with van der Waals surface area (Å²) in [5.74, 6) is -1.26. The molecule has 1 rings (SSSR count). The molecule has 96 valence electrons. The highest BCUT2D eigenvalue weighted by molar-refractivity contribution is 7.89. The molecule has 0 saturated heterocycles. The summed E-state index contributed by atoms with van der Waals surface area (Å²) < 4.78 is 26.0. The van der Waals surface area contributed by atoms with E-state index in [4.69, 9.17) is 10.2 Å². The summed E-state index contributed by atoms with van der Waals surface area (Å²) in [7, 11) is -3.83. The first kappa shape index (κ1) is 14.1. The Morgan fingerprint density at radius 1 is 1.53 bits per heavy atom. The van der Waals surface area contributed by atoms with Crippen LogP contribution in [0.1, 0.15) is 21.7 Å². The van der Waals surface area contributed by atoms with Crippen LogP contribution in [0.5, 0.6) is 0 Å². The van der Waals surface area contributed by atoms with Gasteiger partial charge in [-0.3, -0.25) is 0 Å². The molecule has 0 spiro atoms. The molecule has 1 aromatic rings. The summed E-state index contributed by atoms with van der Waals surface area (Å²) in [6, 6.07) is 0. The molecule has 0 aliphatic carbocycles. The van der Waals surface area contributed by atoms with Crippen LogP contribution in [0.2, 0.25) is 0 Å². The molecule has 0 saturated carbocycles. The molecular weight excluding hydrogens is 266 g/mol. The highest BCUT2D eigenvalue weighted by atomic mass is 32.2. The first-order valence-electron chi connectivity index (χ1n) is 4.82. The lowest BCUT2D eigenvalue weighted by Crippen LogP contribution is -2.26. The molecule has 0 aliphatic heterocycles. The molecule has 17 heavy (non-hydrogen) atoms. The fourth-order valence-electron chi connectivity index (χ4n) is 1.27. The van der Waals surface area contributed by atoms with Gasteiger partial charge in [-0.05, 0) is 24.3 Å². The largest absolute Gasteiger partial charge is 0.477 e. The standard InChI is InChI=1S/C9H13NO5S2/c1-6-5-16-7(9(12)13)8(6)17(14,15)10-3-2-4-11/h5,10-11H,2-4H2,1H3,(H,12,13). The van der Waals surface area contributed by atoms with Crippen molar-refractivity contribution in [2.45, 2.75) is 18.2 Å². The van der Waals surface area contributed by atoms with Gasteiger partial charge >= 0.3 is 5.97 Å². The average molecular weight is 279 g/mol. The zero-order valence-corrected chi connectivity index (χ0v) is 10.8. The molecule has 0 amide bonds. The number of aryl methyl sites for hydroxylation is 1. The van der Waals surface area contributed by atoms with Crippen LogP contribution >= 0.6 is 11.3 Å². The summed E-state index contributed by atoms with van der Waals surface area (Å²) in [6.07, 6.45) is 0.283. The van der Waals surface area contributed by atoms with Crippen LogP contribution in [0.25, 0.3) is 0 Å². The smallest absolute Gasteiger partial charge is 0.347 e. The minimum absolute atomic E-state index is 0.0766. The van der Waals surface area contributed by atoms with Crippen LogP contribution < -0.4 is 4.72 Å². The topological polar surface area (TPSA) is 104 Å². The first-order chi connectivity index (χ1) is 7.90. The van der Waals surface area contributed by atoms with Gasteiger partial charge in [0.1, 0.15) is 9.77 Å². The molecule has 3 N–H and O–H groups in total. The van der Waals surface area contributed by atoms with Crippen LogP contribution in [-0.2, 0) is 10.0 Å². The van der Waals surface area contributed by atoms with Gasteiger partial charge in [0.2, 0.25) is 10.0 Å². The Bertz CT molecular complexity index is 505. The Hall–Kier alpha value is -0.960. The van der Waals surface area contributed by atoms with E-state index < -0.39 is 16.0 Å². The number of aliphatic hydroxyl groups is 1. The molecular formula is C9H13NO5S2. The lowest BCUT2D eigenvalue weighted by molar-refractivity contribution is 0.0698. The van der Waals surface area contributed by atoms with E-state index in [1.807, 2.05) is 0 Å². The zero-order valence-electron chi connectivity index (χ0n) is 9.13. The predicted octanol–water partition coefficient (Wildman–Crippen LogP) is 0.415. The molecule has 0 unspecified atom stereocenters. The van der Waals surface area contributed by atoms with Gasteiger partial charge in [0.15, 0.2) is 0 Å². The van der Waals surface area contributed by atoms with E-state index in [0.29, 0.717) is 5.56 Å². The Kier molecular flexibility index (Phi) is 4.63. The minimum atomic E-state index is -3.83. The number of aliphatic hydroxyl groups excluding tert-OH is 1. The Morgan fingerprint density at radius 2 is 2.18 bits per heavy atom. The number of nitrogens with one attached hydrogen (secondary N) is 1. The zero-order chi connectivity index (χ0) is 13.1. The van der Waals surface area contributed by atoms with Gasteiger partial charge in [-0.2, -0.15) is 0 Å². The molecule has 1 heterocycles. The molecule has 0 fully saturated rings. The molecule has 0 radical (unpaired) electrons. The highest BCUT2D eigenvalue weighted by Gasteiger charge is 2.26. The number of rotatable bonds is 6. The molecule has 0 atom stereocenters. The Morgan fingerprint density at radius 3 is 2.71 bits per heavy atom. The van der Waals surface area contributed by atoms with Gasteiger partial charge in [0.05, 0.1) is 0 Å². The third-order valence-corrected chi connectivity index (χ3v) is 4.87. The number of carbonyl (C=O) groups is 1. The first-order valence-corrected chi connectivity index (χ1v) is 7.18. The van der Waals surface area contributed by atoms with Crippen molar-refractivity contribution < 1.29 is 23.4 Å². The van der Waals surface area contributed by atoms with E-state index in [1.165, 1.54) is 5.38 Å². The van der Waals surface area contributed by atoms with Crippen molar-refractivity contribution in [3.05, 3.63) is 15.8 Å². The summed E-state index contributed by atoms with van der Waals surface area (Å²) in [6.45, 7) is 1.49. The third kappa shape index (κ3) is 3.25. The maximum atomic E-state index is 11.9. The van der Waals surface area contributed by atoms with Gasteiger partial charge in [0.25, 0.3) is 0 Å². The molecule has 8 heteroatoms. The van der Waals surface area contributed by atoms with Crippen LogP contribution in [0, 0.1) is 6.92 Å². The molecule has 0 aromatic carbocycles. The average Bonchev–Trinajstić information content (AvgIpc) is 2.61.